The Labute approximate surface area is 109 Å². The SMILES string of the molecule is CCNc1nc(CC)nc(N(CC)CCO)c1C. The molecule has 5 nitrogen and oxygen atoms in total. The van der Waals surface area contributed by atoms with E-state index < -0.39 is 0 Å². The first-order valence-electron chi connectivity index (χ1n) is 6.65. The molecule has 0 unspecified atom stereocenters. The fourth-order valence-corrected chi connectivity index (χ4v) is 1.89. The first kappa shape index (κ1) is 14.7. The molecule has 1 aromatic heterocycles. The molecule has 5 heteroatoms. The van der Waals surface area contributed by atoms with Crippen molar-refractivity contribution < 1.29 is 5.11 Å². The van der Waals surface area contributed by atoms with E-state index in [4.69, 9.17) is 5.11 Å². The van der Waals surface area contributed by atoms with Gasteiger partial charge in [-0.05, 0) is 20.8 Å². The van der Waals surface area contributed by atoms with Gasteiger partial charge < -0.3 is 15.3 Å². The summed E-state index contributed by atoms with van der Waals surface area (Å²) >= 11 is 0. The molecule has 0 aromatic carbocycles. The zero-order chi connectivity index (χ0) is 13.5. The van der Waals surface area contributed by atoms with Crippen molar-refractivity contribution >= 4 is 11.6 Å². The Balaban J connectivity index is 3.18. The standard InChI is InChI=1S/C13H24N4O/c1-5-11-15-12(14-6-2)10(4)13(16-11)17(7-3)8-9-18/h18H,5-9H2,1-4H3,(H,14,15,16). The van der Waals surface area contributed by atoms with Gasteiger partial charge in [0.2, 0.25) is 0 Å². The monoisotopic (exact) mass is 252 g/mol. The van der Waals surface area contributed by atoms with Gasteiger partial charge in [0, 0.05) is 31.6 Å². The molecule has 1 rings (SSSR count). The third-order valence-electron chi connectivity index (χ3n) is 2.88. The molecule has 0 aliphatic rings. The molecule has 1 heterocycles. The van der Waals surface area contributed by atoms with Crippen LogP contribution in [0.25, 0.3) is 0 Å². The van der Waals surface area contributed by atoms with Crippen LogP contribution in [0.4, 0.5) is 11.6 Å². The van der Waals surface area contributed by atoms with Gasteiger partial charge in [-0.15, -0.1) is 0 Å². The van der Waals surface area contributed by atoms with Crippen LogP contribution in [-0.2, 0) is 6.42 Å². The van der Waals surface area contributed by atoms with Crippen molar-refractivity contribution in [3.8, 4) is 0 Å². The number of aryl methyl sites for hydroxylation is 1. The summed E-state index contributed by atoms with van der Waals surface area (Å²) in [6.07, 6.45) is 0.808. The highest BCUT2D eigenvalue weighted by Crippen LogP contribution is 2.23. The van der Waals surface area contributed by atoms with Crippen LogP contribution in [0.5, 0.6) is 0 Å². The number of hydrogen-bond donors (Lipinski definition) is 2. The minimum atomic E-state index is 0.134. The van der Waals surface area contributed by atoms with Crippen LogP contribution in [0.1, 0.15) is 32.2 Å². The second-order valence-electron chi connectivity index (χ2n) is 4.12. The van der Waals surface area contributed by atoms with Crippen molar-refractivity contribution in [1.82, 2.24) is 9.97 Å². The van der Waals surface area contributed by atoms with Gasteiger partial charge in [-0.3, -0.25) is 0 Å². The smallest absolute Gasteiger partial charge is 0.137 e. The molecule has 0 spiro atoms. The molecule has 0 amide bonds. The van der Waals surface area contributed by atoms with Gasteiger partial charge in [0.1, 0.15) is 17.5 Å². The number of nitrogens with zero attached hydrogens (tertiary/aromatic N) is 3. The van der Waals surface area contributed by atoms with E-state index in [0.717, 1.165) is 42.5 Å². The average molecular weight is 252 g/mol. The largest absolute Gasteiger partial charge is 0.395 e. The van der Waals surface area contributed by atoms with Crippen LogP contribution < -0.4 is 10.2 Å². The molecule has 0 fully saturated rings. The van der Waals surface area contributed by atoms with Gasteiger partial charge in [0.15, 0.2) is 0 Å². The van der Waals surface area contributed by atoms with E-state index in [0.29, 0.717) is 6.54 Å². The predicted octanol–water partition coefficient (Wildman–Crippen LogP) is 1.60. The summed E-state index contributed by atoms with van der Waals surface area (Å²) in [5.74, 6) is 2.66. The van der Waals surface area contributed by atoms with Crippen molar-refractivity contribution in [3.63, 3.8) is 0 Å². The number of anilines is 2. The average Bonchev–Trinajstić information content (AvgIpc) is 2.39. The minimum Gasteiger partial charge on any atom is -0.395 e. The molecule has 0 saturated heterocycles. The lowest BCUT2D eigenvalue weighted by molar-refractivity contribution is 0.302. The van der Waals surface area contributed by atoms with Crippen LogP contribution in [0.15, 0.2) is 0 Å². The summed E-state index contributed by atoms with van der Waals surface area (Å²) in [7, 11) is 0. The lowest BCUT2D eigenvalue weighted by Gasteiger charge is -2.24. The number of rotatable bonds is 7. The fourth-order valence-electron chi connectivity index (χ4n) is 1.89. The molecule has 102 valence electrons. The highest BCUT2D eigenvalue weighted by atomic mass is 16.3. The number of aliphatic hydroxyl groups excluding tert-OH is 1. The lowest BCUT2D eigenvalue weighted by Crippen LogP contribution is -2.28. The molecule has 0 aliphatic carbocycles. The lowest BCUT2D eigenvalue weighted by atomic mass is 10.2. The highest BCUT2D eigenvalue weighted by molar-refractivity contribution is 5.58. The zero-order valence-electron chi connectivity index (χ0n) is 11.8. The Hall–Kier alpha value is -1.36. The Kier molecular flexibility index (Phi) is 5.85. The topological polar surface area (TPSA) is 61.3 Å². The quantitative estimate of drug-likeness (QED) is 0.772. The van der Waals surface area contributed by atoms with Crippen molar-refractivity contribution in [2.75, 3.05) is 36.5 Å². The number of aliphatic hydroxyl groups is 1. The summed E-state index contributed by atoms with van der Waals surface area (Å²) in [5, 5.41) is 12.4. The first-order chi connectivity index (χ1) is 8.67. The van der Waals surface area contributed by atoms with E-state index in [-0.39, 0.29) is 6.61 Å². The maximum atomic E-state index is 9.12. The third-order valence-corrected chi connectivity index (χ3v) is 2.88. The predicted molar refractivity (Wildman–Crippen MR) is 75.3 cm³/mol. The fraction of sp³-hybridized carbons (Fsp3) is 0.692. The molecule has 18 heavy (non-hydrogen) atoms. The second kappa shape index (κ2) is 7.16. The number of nitrogens with one attached hydrogen (secondary N) is 1. The van der Waals surface area contributed by atoms with E-state index in [1.807, 2.05) is 13.8 Å². The van der Waals surface area contributed by atoms with Crippen molar-refractivity contribution in [3.05, 3.63) is 11.4 Å². The van der Waals surface area contributed by atoms with Gasteiger partial charge in [-0.1, -0.05) is 6.92 Å². The Morgan fingerprint density at radius 1 is 1.22 bits per heavy atom. The number of likely N-dealkylation sites (N-methyl/N-ethyl adjacent to an activating group) is 1. The van der Waals surface area contributed by atoms with Gasteiger partial charge in [-0.25, -0.2) is 9.97 Å². The van der Waals surface area contributed by atoms with Crippen LogP contribution in [0, 0.1) is 6.92 Å². The summed E-state index contributed by atoms with van der Waals surface area (Å²) in [4.78, 5) is 11.2. The van der Waals surface area contributed by atoms with E-state index in [1.54, 1.807) is 0 Å². The maximum absolute atomic E-state index is 9.12. The number of hydrogen-bond acceptors (Lipinski definition) is 5. The molecule has 2 N–H and O–H groups in total. The highest BCUT2D eigenvalue weighted by Gasteiger charge is 2.14. The van der Waals surface area contributed by atoms with Crippen LogP contribution in [0.2, 0.25) is 0 Å². The van der Waals surface area contributed by atoms with Gasteiger partial charge in [0.05, 0.1) is 6.61 Å². The normalized spacial score (nSPS) is 10.5. The van der Waals surface area contributed by atoms with Crippen LogP contribution in [-0.4, -0.2) is 41.3 Å². The Bertz CT molecular complexity index is 381. The van der Waals surface area contributed by atoms with Crippen molar-refractivity contribution in [2.24, 2.45) is 0 Å². The first-order valence-corrected chi connectivity index (χ1v) is 6.65. The summed E-state index contributed by atoms with van der Waals surface area (Å²) < 4.78 is 0. The number of aromatic nitrogens is 2. The maximum Gasteiger partial charge on any atom is 0.137 e. The minimum absolute atomic E-state index is 0.134. The summed E-state index contributed by atoms with van der Waals surface area (Å²) in [5.41, 5.74) is 1.05. The molecule has 0 atom stereocenters. The van der Waals surface area contributed by atoms with Crippen molar-refractivity contribution in [2.45, 2.75) is 34.1 Å². The molecule has 0 radical (unpaired) electrons. The molecular formula is C13H24N4O. The van der Waals surface area contributed by atoms with E-state index in [9.17, 15) is 0 Å². The molecular weight excluding hydrogens is 228 g/mol. The third kappa shape index (κ3) is 3.32. The van der Waals surface area contributed by atoms with Gasteiger partial charge in [0.25, 0.3) is 0 Å². The van der Waals surface area contributed by atoms with E-state index >= 15 is 0 Å². The molecule has 0 bridgehead atoms. The van der Waals surface area contributed by atoms with Crippen molar-refractivity contribution in [1.29, 1.82) is 0 Å². The molecule has 1 aromatic rings. The van der Waals surface area contributed by atoms with Gasteiger partial charge >= 0.3 is 0 Å². The van der Waals surface area contributed by atoms with Gasteiger partial charge in [-0.2, -0.15) is 0 Å². The van der Waals surface area contributed by atoms with Crippen LogP contribution in [0.3, 0.4) is 0 Å². The molecule has 0 aliphatic heterocycles. The van der Waals surface area contributed by atoms with E-state index in [2.05, 4.69) is 34.0 Å². The Morgan fingerprint density at radius 3 is 2.44 bits per heavy atom. The zero-order valence-corrected chi connectivity index (χ0v) is 11.8. The summed E-state index contributed by atoms with van der Waals surface area (Å²) in [6.45, 7) is 10.6. The Morgan fingerprint density at radius 2 is 1.94 bits per heavy atom. The van der Waals surface area contributed by atoms with Crippen LogP contribution >= 0.6 is 0 Å². The summed E-state index contributed by atoms with van der Waals surface area (Å²) in [6, 6.07) is 0. The van der Waals surface area contributed by atoms with E-state index in [1.165, 1.54) is 0 Å². The molecule has 0 saturated carbocycles. The second-order valence-corrected chi connectivity index (χ2v) is 4.12.